The molecular weight excluding hydrogens is 278 g/mol. The van der Waals surface area contributed by atoms with E-state index in [0.29, 0.717) is 6.61 Å². The van der Waals surface area contributed by atoms with Crippen molar-refractivity contribution < 1.29 is 14.2 Å². The first kappa shape index (κ1) is 14.9. The summed E-state index contributed by atoms with van der Waals surface area (Å²) in [5.74, 6) is 1.46. The SMILES string of the molecule is CNC[C@H]1OCc2ccccc2[C@@H]1Oc1ccccc1OC. The quantitative estimate of drug-likeness (QED) is 0.921. The van der Waals surface area contributed by atoms with Gasteiger partial charge in [0.25, 0.3) is 0 Å². The maximum atomic E-state index is 6.28. The highest BCUT2D eigenvalue weighted by molar-refractivity contribution is 5.41. The summed E-state index contributed by atoms with van der Waals surface area (Å²) in [4.78, 5) is 0. The van der Waals surface area contributed by atoms with Crippen LogP contribution < -0.4 is 14.8 Å². The molecule has 22 heavy (non-hydrogen) atoms. The van der Waals surface area contributed by atoms with Crippen molar-refractivity contribution in [3.05, 3.63) is 59.7 Å². The fourth-order valence-electron chi connectivity index (χ4n) is 2.79. The topological polar surface area (TPSA) is 39.7 Å². The number of hydrogen-bond acceptors (Lipinski definition) is 4. The van der Waals surface area contributed by atoms with Crippen molar-refractivity contribution in [1.29, 1.82) is 0 Å². The third kappa shape index (κ3) is 2.93. The lowest BCUT2D eigenvalue weighted by Crippen LogP contribution is -2.38. The summed E-state index contributed by atoms with van der Waals surface area (Å²) < 4.78 is 17.6. The first-order valence-electron chi connectivity index (χ1n) is 7.47. The van der Waals surface area contributed by atoms with E-state index in [-0.39, 0.29) is 12.2 Å². The minimum Gasteiger partial charge on any atom is -0.493 e. The van der Waals surface area contributed by atoms with Gasteiger partial charge < -0.3 is 19.5 Å². The van der Waals surface area contributed by atoms with Gasteiger partial charge in [-0.05, 0) is 24.7 Å². The number of nitrogens with one attached hydrogen (secondary N) is 1. The summed E-state index contributed by atoms with van der Waals surface area (Å²) in [7, 11) is 3.57. The Hall–Kier alpha value is -2.04. The number of methoxy groups -OCH3 is 1. The average Bonchev–Trinajstić information content (AvgIpc) is 2.57. The Bertz CT molecular complexity index is 629. The maximum Gasteiger partial charge on any atom is 0.162 e. The van der Waals surface area contributed by atoms with Crippen molar-refractivity contribution in [1.82, 2.24) is 5.32 Å². The molecule has 0 aromatic heterocycles. The highest BCUT2D eigenvalue weighted by Gasteiger charge is 2.32. The molecule has 1 heterocycles. The molecule has 0 spiro atoms. The Morgan fingerprint density at radius 1 is 1.09 bits per heavy atom. The van der Waals surface area contributed by atoms with Crippen molar-refractivity contribution in [2.75, 3.05) is 20.7 Å². The van der Waals surface area contributed by atoms with Crippen LogP contribution in [0.4, 0.5) is 0 Å². The fraction of sp³-hybridized carbons (Fsp3) is 0.333. The van der Waals surface area contributed by atoms with E-state index >= 15 is 0 Å². The van der Waals surface area contributed by atoms with Gasteiger partial charge in [0.15, 0.2) is 17.6 Å². The molecule has 1 aliphatic rings. The van der Waals surface area contributed by atoms with Gasteiger partial charge in [-0.2, -0.15) is 0 Å². The molecule has 0 radical (unpaired) electrons. The second-order valence-corrected chi connectivity index (χ2v) is 5.30. The van der Waals surface area contributed by atoms with Gasteiger partial charge in [0.1, 0.15) is 6.10 Å². The number of hydrogen-bond donors (Lipinski definition) is 1. The van der Waals surface area contributed by atoms with Gasteiger partial charge in [-0.1, -0.05) is 36.4 Å². The van der Waals surface area contributed by atoms with Crippen molar-refractivity contribution in [2.24, 2.45) is 0 Å². The standard InChI is InChI=1S/C18H21NO3/c1-19-11-17-18(14-8-4-3-7-13(14)12-21-17)22-16-10-6-5-9-15(16)20-2/h3-10,17-19H,11-12H2,1-2H3/t17-,18+/m1/s1. The normalized spacial score (nSPS) is 20.3. The summed E-state index contributed by atoms with van der Waals surface area (Å²) in [6, 6.07) is 16.0. The molecule has 2 atom stereocenters. The molecule has 0 saturated heterocycles. The molecule has 1 N–H and O–H groups in total. The average molecular weight is 299 g/mol. The third-order valence-corrected chi connectivity index (χ3v) is 3.88. The molecule has 0 saturated carbocycles. The minimum atomic E-state index is -0.159. The molecule has 0 unspecified atom stereocenters. The Balaban J connectivity index is 1.94. The Morgan fingerprint density at radius 2 is 1.82 bits per heavy atom. The summed E-state index contributed by atoms with van der Waals surface area (Å²) in [5.41, 5.74) is 2.36. The van der Waals surface area contributed by atoms with Crippen molar-refractivity contribution in [3.63, 3.8) is 0 Å². The van der Waals surface area contributed by atoms with Gasteiger partial charge in [0.05, 0.1) is 13.7 Å². The van der Waals surface area contributed by atoms with E-state index in [4.69, 9.17) is 14.2 Å². The molecule has 0 fully saturated rings. The first-order valence-corrected chi connectivity index (χ1v) is 7.47. The molecule has 2 aromatic rings. The van der Waals surface area contributed by atoms with Crippen molar-refractivity contribution >= 4 is 0 Å². The number of likely N-dealkylation sites (N-methyl/N-ethyl adjacent to an activating group) is 1. The summed E-state index contributed by atoms with van der Waals surface area (Å²) in [5, 5.41) is 3.18. The predicted molar refractivity (Wildman–Crippen MR) is 85.3 cm³/mol. The molecule has 116 valence electrons. The lowest BCUT2D eigenvalue weighted by atomic mass is 9.96. The van der Waals surface area contributed by atoms with E-state index in [1.807, 2.05) is 43.4 Å². The van der Waals surface area contributed by atoms with E-state index in [2.05, 4.69) is 17.4 Å². The molecule has 4 nitrogen and oxygen atoms in total. The highest BCUT2D eigenvalue weighted by atomic mass is 16.6. The summed E-state index contributed by atoms with van der Waals surface area (Å²) in [6.45, 7) is 1.35. The van der Waals surface area contributed by atoms with Gasteiger partial charge in [-0.25, -0.2) is 0 Å². The molecule has 0 bridgehead atoms. The zero-order valence-electron chi connectivity index (χ0n) is 12.9. The van der Waals surface area contributed by atoms with Crippen LogP contribution in [0.3, 0.4) is 0 Å². The number of ether oxygens (including phenoxy) is 3. The fourth-order valence-corrected chi connectivity index (χ4v) is 2.79. The van der Waals surface area contributed by atoms with Gasteiger partial charge in [-0.3, -0.25) is 0 Å². The largest absolute Gasteiger partial charge is 0.493 e. The van der Waals surface area contributed by atoms with Crippen LogP contribution in [-0.4, -0.2) is 26.8 Å². The van der Waals surface area contributed by atoms with Crippen LogP contribution in [0, 0.1) is 0 Å². The van der Waals surface area contributed by atoms with Crippen LogP contribution in [0.5, 0.6) is 11.5 Å². The third-order valence-electron chi connectivity index (χ3n) is 3.88. The Morgan fingerprint density at radius 3 is 2.59 bits per heavy atom. The molecule has 2 aromatic carbocycles. The van der Waals surface area contributed by atoms with Gasteiger partial charge in [0.2, 0.25) is 0 Å². The Labute approximate surface area is 131 Å². The molecule has 1 aliphatic heterocycles. The van der Waals surface area contributed by atoms with E-state index in [0.717, 1.165) is 18.0 Å². The van der Waals surface area contributed by atoms with Crippen LogP contribution in [0.1, 0.15) is 17.2 Å². The van der Waals surface area contributed by atoms with Crippen LogP contribution >= 0.6 is 0 Å². The number of para-hydroxylation sites is 2. The van der Waals surface area contributed by atoms with Gasteiger partial charge in [0, 0.05) is 12.1 Å². The first-order chi connectivity index (χ1) is 10.8. The molecular formula is C18H21NO3. The number of rotatable bonds is 5. The van der Waals surface area contributed by atoms with E-state index in [9.17, 15) is 0 Å². The maximum absolute atomic E-state index is 6.28. The zero-order valence-corrected chi connectivity index (χ0v) is 12.9. The molecule has 0 aliphatic carbocycles. The monoisotopic (exact) mass is 299 g/mol. The van der Waals surface area contributed by atoms with Crippen LogP contribution in [0.25, 0.3) is 0 Å². The molecule has 0 amide bonds. The zero-order chi connectivity index (χ0) is 15.4. The highest BCUT2D eigenvalue weighted by Crippen LogP contribution is 2.36. The predicted octanol–water partition coefficient (Wildman–Crippen LogP) is 2.93. The number of benzene rings is 2. The van der Waals surface area contributed by atoms with Gasteiger partial charge in [-0.15, -0.1) is 0 Å². The number of fused-ring (bicyclic) bond motifs is 1. The minimum absolute atomic E-state index is 0.0372. The lowest BCUT2D eigenvalue weighted by Gasteiger charge is -2.34. The van der Waals surface area contributed by atoms with Crippen LogP contribution in [0.15, 0.2) is 48.5 Å². The molecule has 3 rings (SSSR count). The van der Waals surface area contributed by atoms with Crippen LogP contribution in [0.2, 0.25) is 0 Å². The van der Waals surface area contributed by atoms with Crippen LogP contribution in [-0.2, 0) is 11.3 Å². The van der Waals surface area contributed by atoms with E-state index in [1.165, 1.54) is 11.1 Å². The molecule has 4 heteroatoms. The van der Waals surface area contributed by atoms with Crippen molar-refractivity contribution in [3.8, 4) is 11.5 Å². The smallest absolute Gasteiger partial charge is 0.162 e. The van der Waals surface area contributed by atoms with E-state index < -0.39 is 0 Å². The summed E-state index contributed by atoms with van der Waals surface area (Å²) >= 11 is 0. The second kappa shape index (κ2) is 6.81. The Kier molecular flexibility index (Phi) is 4.61. The summed E-state index contributed by atoms with van der Waals surface area (Å²) in [6.07, 6.45) is -0.196. The van der Waals surface area contributed by atoms with E-state index in [1.54, 1.807) is 7.11 Å². The second-order valence-electron chi connectivity index (χ2n) is 5.30. The lowest BCUT2D eigenvalue weighted by molar-refractivity contribution is -0.0502. The van der Waals surface area contributed by atoms with Gasteiger partial charge >= 0.3 is 0 Å². The van der Waals surface area contributed by atoms with Crippen molar-refractivity contribution in [2.45, 2.75) is 18.8 Å².